The molecule has 2 heterocycles. The summed E-state index contributed by atoms with van der Waals surface area (Å²) < 4.78 is 0. The van der Waals surface area contributed by atoms with Crippen molar-refractivity contribution in [1.82, 2.24) is 25.5 Å². The molecule has 1 aromatic carbocycles. The minimum absolute atomic E-state index is 0.0796. The van der Waals surface area contributed by atoms with Gasteiger partial charge in [-0.3, -0.25) is 14.4 Å². The van der Waals surface area contributed by atoms with Gasteiger partial charge in [0.25, 0.3) is 0 Å². The normalized spacial score (nSPS) is 17.9. The zero-order valence-electron chi connectivity index (χ0n) is 20.5. The average molecular weight is 499 g/mol. The van der Waals surface area contributed by atoms with Crippen molar-refractivity contribution in [2.24, 2.45) is 11.7 Å². The topological polar surface area (TPSA) is 171 Å². The molecule has 3 rings (SSSR count). The van der Waals surface area contributed by atoms with Crippen LogP contribution >= 0.6 is 0 Å². The number of H-pyrrole nitrogens is 1. The molecule has 3 amide bonds. The molecule has 1 aliphatic rings. The van der Waals surface area contributed by atoms with E-state index < -0.39 is 42.0 Å². The minimum atomic E-state index is -1.16. The van der Waals surface area contributed by atoms with Gasteiger partial charge in [-0.25, -0.2) is 9.78 Å². The van der Waals surface area contributed by atoms with Crippen molar-refractivity contribution in [2.75, 3.05) is 6.54 Å². The number of carboxylic acid groups (broad SMARTS) is 1. The Morgan fingerprint density at radius 3 is 2.50 bits per heavy atom. The SMILES string of the molecule is CC(C)C(NC(=O)C(Cc1cnc[nH]1)NC(=O)C1CCCN1C(=O)C(N)Cc1ccccc1)C(=O)O. The van der Waals surface area contributed by atoms with Gasteiger partial charge in [-0.05, 0) is 30.7 Å². The van der Waals surface area contributed by atoms with Crippen molar-refractivity contribution in [3.05, 3.63) is 54.1 Å². The third-order valence-electron chi connectivity index (χ3n) is 6.30. The molecule has 4 atom stereocenters. The van der Waals surface area contributed by atoms with Gasteiger partial charge in [0, 0.05) is 24.9 Å². The van der Waals surface area contributed by atoms with Gasteiger partial charge >= 0.3 is 5.97 Å². The van der Waals surface area contributed by atoms with Gasteiger partial charge in [0.1, 0.15) is 18.1 Å². The Balaban J connectivity index is 1.71. The van der Waals surface area contributed by atoms with Crippen molar-refractivity contribution in [3.63, 3.8) is 0 Å². The van der Waals surface area contributed by atoms with Crippen LogP contribution in [0.2, 0.25) is 0 Å². The number of amides is 3. The fourth-order valence-corrected chi connectivity index (χ4v) is 4.33. The van der Waals surface area contributed by atoms with E-state index in [2.05, 4.69) is 20.6 Å². The first-order chi connectivity index (χ1) is 17.2. The Hall–Kier alpha value is -3.73. The lowest BCUT2D eigenvalue weighted by Gasteiger charge is -2.29. The van der Waals surface area contributed by atoms with Crippen molar-refractivity contribution in [2.45, 2.75) is 63.7 Å². The summed E-state index contributed by atoms with van der Waals surface area (Å²) >= 11 is 0. The van der Waals surface area contributed by atoms with Crippen LogP contribution in [0.25, 0.3) is 0 Å². The number of carboxylic acids is 1. The molecular weight excluding hydrogens is 464 g/mol. The molecule has 0 saturated carbocycles. The van der Waals surface area contributed by atoms with E-state index in [0.29, 0.717) is 31.5 Å². The standard InChI is InChI=1S/C25H34N6O5/c1-15(2)21(25(35)36)30-22(32)19(12-17-13-27-14-28-17)29-23(33)20-9-6-10-31(20)24(34)18(26)11-16-7-4-3-5-8-16/h3-5,7-8,13-15,18-21H,6,9-12,26H2,1-2H3,(H,27,28)(H,29,33)(H,30,32)(H,35,36). The van der Waals surface area contributed by atoms with Gasteiger partial charge in [0.05, 0.1) is 12.4 Å². The van der Waals surface area contributed by atoms with E-state index >= 15 is 0 Å². The van der Waals surface area contributed by atoms with Crippen LogP contribution in [0, 0.1) is 5.92 Å². The number of nitrogens with zero attached hydrogens (tertiary/aromatic N) is 2. The molecule has 11 nitrogen and oxygen atoms in total. The number of aliphatic carboxylic acids is 1. The third kappa shape index (κ3) is 6.91. The number of rotatable bonds is 11. The fraction of sp³-hybridized carbons (Fsp3) is 0.480. The van der Waals surface area contributed by atoms with Crippen LogP contribution in [0.4, 0.5) is 0 Å². The molecule has 11 heteroatoms. The molecule has 36 heavy (non-hydrogen) atoms. The third-order valence-corrected chi connectivity index (χ3v) is 6.30. The summed E-state index contributed by atoms with van der Waals surface area (Å²) in [4.78, 5) is 59.3. The molecule has 1 fully saturated rings. The Morgan fingerprint density at radius 1 is 1.17 bits per heavy atom. The van der Waals surface area contributed by atoms with Crippen LogP contribution < -0.4 is 16.4 Å². The summed E-state index contributed by atoms with van der Waals surface area (Å²) in [5, 5.41) is 14.7. The van der Waals surface area contributed by atoms with Crippen LogP contribution in [0.15, 0.2) is 42.9 Å². The number of carbonyl (C=O) groups is 4. The number of likely N-dealkylation sites (tertiary alicyclic amines) is 1. The molecule has 1 aliphatic heterocycles. The molecule has 0 radical (unpaired) electrons. The number of aromatic nitrogens is 2. The van der Waals surface area contributed by atoms with E-state index in [1.165, 1.54) is 17.4 Å². The van der Waals surface area contributed by atoms with Crippen LogP contribution in [-0.2, 0) is 32.0 Å². The molecule has 2 aromatic rings. The van der Waals surface area contributed by atoms with Crippen LogP contribution in [0.1, 0.15) is 37.9 Å². The monoisotopic (exact) mass is 498 g/mol. The van der Waals surface area contributed by atoms with E-state index in [1.807, 2.05) is 30.3 Å². The molecule has 0 spiro atoms. The lowest BCUT2D eigenvalue weighted by molar-refractivity contribution is -0.144. The van der Waals surface area contributed by atoms with E-state index in [4.69, 9.17) is 5.73 Å². The van der Waals surface area contributed by atoms with E-state index in [0.717, 1.165) is 5.56 Å². The zero-order valence-corrected chi connectivity index (χ0v) is 20.5. The predicted molar refractivity (Wildman–Crippen MR) is 131 cm³/mol. The maximum atomic E-state index is 13.3. The van der Waals surface area contributed by atoms with Crippen molar-refractivity contribution >= 4 is 23.7 Å². The Morgan fingerprint density at radius 2 is 1.89 bits per heavy atom. The highest BCUT2D eigenvalue weighted by Gasteiger charge is 2.38. The van der Waals surface area contributed by atoms with Crippen molar-refractivity contribution < 1.29 is 24.3 Å². The first-order valence-corrected chi connectivity index (χ1v) is 12.1. The van der Waals surface area contributed by atoms with Crippen LogP contribution in [-0.4, -0.2) is 74.4 Å². The van der Waals surface area contributed by atoms with Gasteiger partial charge in [0.15, 0.2) is 0 Å². The number of hydrogen-bond acceptors (Lipinski definition) is 6. The van der Waals surface area contributed by atoms with E-state index in [1.54, 1.807) is 13.8 Å². The number of aromatic amines is 1. The lowest BCUT2D eigenvalue weighted by Crippen LogP contribution is -2.57. The number of benzene rings is 1. The molecule has 1 aromatic heterocycles. The highest BCUT2D eigenvalue weighted by molar-refractivity contribution is 5.94. The van der Waals surface area contributed by atoms with Crippen LogP contribution in [0.3, 0.4) is 0 Å². The summed E-state index contributed by atoms with van der Waals surface area (Å²) in [6, 6.07) is 5.67. The Labute approximate surface area is 209 Å². The summed E-state index contributed by atoms with van der Waals surface area (Å²) in [5.41, 5.74) is 7.71. The number of nitrogens with two attached hydrogens (primary N) is 1. The first kappa shape index (κ1) is 26.9. The van der Waals surface area contributed by atoms with Gasteiger partial charge in [-0.2, -0.15) is 0 Å². The number of hydrogen-bond donors (Lipinski definition) is 5. The number of imidazole rings is 1. The maximum Gasteiger partial charge on any atom is 0.326 e. The van der Waals surface area contributed by atoms with Gasteiger partial charge in [0.2, 0.25) is 17.7 Å². The highest BCUT2D eigenvalue weighted by atomic mass is 16.4. The Kier molecular flexibility index (Phi) is 9.18. The fourth-order valence-electron chi connectivity index (χ4n) is 4.33. The second-order valence-electron chi connectivity index (χ2n) is 9.40. The van der Waals surface area contributed by atoms with E-state index in [-0.39, 0.29) is 18.2 Å². The smallest absolute Gasteiger partial charge is 0.326 e. The van der Waals surface area contributed by atoms with Gasteiger partial charge < -0.3 is 31.4 Å². The van der Waals surface area contributed by atoms with Crippen molar-refractivity contribution in [3.8, 4) is 0 Å². The summed E-state index contributed by atoms with van der Waals surface area (Å²) in [6.07, 6.45) is 4.48. The molecule has 4 unspecified atom stereocenters. The number of carbonyl (C=O) groups excluding carboxylic acids is 3. The molecule has 194 valence electrons. The van der Waals surface area contributed by atoms with Gasteiger partial charge in [-0.1, -0.05) is 44.2 Å². The molecular formula is C25H34N6O5. The predicted octanol–water partition coefficient (Wildman–Crippen LogP) is 0.223. The summed E-state index contributed by atoms with van der Waals surface area (Å²) in [5.74, 6) is -2.95. The molecule has 1 saturated heterocycles. The summed E-state index contributed by atoms with van der Waals surface area (Å²) in [7, 11) is 0. The molecule has 0 aliphatic carbocycles. The highest BCUT2D eigenvalue weighted by Crippen LogP contribution is 2.20. The van der Waals surface area contributed by atoms with Gasteiger partial charge in [-0.15, -0.1) is 0 Å². The molecule has 0 bridgehead atoms. The largest absolute Gasteiger partial charge is 0.480 e. The summed E-state index contributed by atoms with van der Waals surface area (Å²) in [6.45, 7) is 3.76. The lowest BCUT2D eigenvalue weighted by atomic mass is 10.0. The Bertz CT molecular complexity index is 1040. The van der Waals surface area contributed by atoms with Crippen molar-refractivity contribution in [1.29, 1.82) is 0 Å². The quantitative estimate of drug-likeness (QED) is 0.295. The second-order valence-corrected chi connectivity index (χ2v) is 9.40. The number of nitrogens with one attached hydrogen (secondary N) is 3. The zero-order chi connectivity index (χ0) is 26.2. The minimum Gasteiger partial charge on any atom is -0.480 e. The first-order valence-electron chi connectivity index (χ1n) is 12.1. The second kappa shape index (κ2) is 12.3. The van der Waals surface area contributed by atoms with Crippen LogP contribution in [0.5, 0.6) is 0 Å². The maximum absolute atomic E-state index is 13.3. The average Bonchev–Trinajstić information content (AvgIpc) is 3.54. The molecule has 6 N–H and O–H groups in total. The van der Waals surface area contributed by atoms with E-state index in [9.17, 15) is 24.3 Å².